The molecule has 1 aromatic rings. The summed E-state index contributed by atoms with van der Waals surface area (Å²) < 4.78 is 0. The minimum absolute atomic E-state index is 0.188. The lowest BCUT2D eigenvalue weighted by Crippen LogP contribution is -2.04. The van der Waals surface area contributed by atoms with Crippen LogP contribution in [0.5, 0.6) is 0 Å². The van der Waals surface area contributed by atoms with E-state index in [1.165, 1.54) is 24.0 Å². The molecule has 0 bridgehead atoms. The van der Waals surface area contributed by atoms with Crippen LogP contribution in [0, 0.1) is 12.3 Å². The van der Waals surface area contributed by atoms with E-state index in [-0.39, 0.29) is 12.5 Å². The highest BCUT2D eigenvalue weighted by molar-refractivity contribution is 5.49. The fraction of sp³-hybridized carbons (Fsp3) is 0.429. The van der Waals surface area contributed by atoms with Gasteiger partial charge >= 0.3 is 0 Å². The molecule has 1 fully saturated rings. The van der Waals surface area contributed by atoms with Gasteiger partial charge in [-0.3, -0.25) is 0 Å². The van der Waals surface area contributed by atoms with Gasteiger partial charge in [-0.1, -0.05) is 25.0 Å². The maximum absolute atomic E-state index is 9.23. The zero-order valence-corrected chi connectivity index (χ0v) is 9.03. The molecule has 0 aromatic heterocycles. The number of hydrogen-bond acceptors (Lipinski definition) is 1. The van der Waals surface area contributed by atoms with Crippen LogP contribution < -0.4 is 0 Å². The van der Waals surface area contributed by atoms with E-state index in [1.807, 2.05) is 19.1 Å². The Labute approximate surface area is 91.1 Å². The molecule has 0 aliphatic heterocycles. The summed E-state index contributed by atoms with van der Waals surface area (Å²) in [5.41, 5.74) is 3.55. The standard InChI is InChI=1S/C14H16O/c1-3-11-5-4-6-13(10(2)9-15)14(11)12-7-8-12/h1,4-6,10,12,15H,7-9H2,2H3. The SMILES string of the molecule is C#Cc1cccc(C(C)CO)c1C1CC1. The average Bonchev–Trinajstić information content (AvgIpc) is 3.10. The third-order valence-corrected chi connectivity index (χ3v) is 3.09. The van der Waals surface area contributed by atoms with E-state index in [0.29, 0.717) is 5.92 Å². The van der Waals surface area contributed by atoms with Crippen molar-refractivity contribution in [1.29, 1.82) is 0 Å². The number of terminal acetylenes is 1. The van der Waals surface area contributed by atoms with Crippen LogP contribution in [0.3, 0.4) is 0 Å². The van der Waals surface area contributed by atoms with Crippen molar-refractivity contribution in [3.05, 3.63) is 34.9 Å². The molecular formula is C14H16O. The summed E-state index contributed by atoms with van der Waals surface area (Å²) in [6.07, 6.45) is 7.99. The minimum atomic E-state index is 0.188. The van der Waals surface area contributed by atoms with Gasteiger partial charge in [0.2, 0.25) is 0 Å². The maximum Gasteiger partial charge on any atom is 0.0497 e. The quantitative estimate of drug-likeness (QED) is 0.744. The zero-order valence-electron chi connectivity index (χ0n) is 9.03. The van der Waals surface area contributed by atoms with E-state index in [0.717, 1.165) is 5.56 Å². The molecule has 0 amide bonds. The molecule has 0 saturated heterocycles. The number of benzene rings is 1. The first-order valence-corrected chi connectivity index (χ1v) is 5.48. The fourth-order valence-electron chi connectivity index (χ4n) is 2.06. The molecule has 78 valence electrons. The molecule has 1 heteroatoms. The van der Waals surface area contributed by atoms with E-state index in [2.05, 4.69) is 12.0 Å². The van der Waals surface area contributed by atoms with Crippen molar-refractivity contribution < 1.29 is 5.11 Å². The average molecular weight is 200 g/mol. The van der Waals surface area contributed by atoms with Crippen molar-refractivity contribution in [1.82, 2.24) is 0 Å². The minimum Gasteiger partial charge on any atom is -0.396 e. The van der Waals surface area contributed by atoms with Crippen LogP contribution in [0.1, 0.15) is 48.3 Å². The Morgan fingerprint density at radius 1 is 1.53 bits per heavy atom. The lowest BCUT2D eigenvalue weighted by Gasteiger charge is -2.15. The van der Waals surface area contributed by atoms with Gasteiger partial charge in [-0.05, 0) is 36.0 Å². The Balaban J connectivity index is 2.49. The molecule has 1 nitrogen and oxygen atoms in total. The van der Waals surface area contributed by atoms with Gasteiger partial charge in [0, 0.05) is 18.1 Å². The molecular weight excluding hydrogens is 184 g/mol. The molecule has 1 aliphatic rings. The third kappa shape index (κ3) is 1.91. The summed E-state index contributed by atoms with van der Waals surface area (Å²) in [7, 11) is 0. The van der Waals surface area contributed by atoms with Gasteiger partial charge in [0.1, 0.15) is 0 Å². The first-order chi connectivity index (χ1) is 7.27. The third-order valence-electron chi connectivity index (χ3n) is 3.09. The maximum atomic E-state index is 9.23. The molecule has 1 aliphatic carbocycles. The van der Waals surface area contributed by atoms with Crippen molar-refractivity contribution in [3.8, 4) is 12.3 Å². The van der Waals surface area contributed by atoms with Crippen LogP contribution in [0.15, 0.2) is 18.2 Å². The molecule has 15 heavy (non-hydrogen) atoms. The van der Waals surface area contributed by atoms with Crippen LogP contribution in [0.25, 0.3) is 0 Å². The van der Waals surface area contributed by atoms with Crippen molar-refractivity contribution in [3.63, 3.8) is 0 Å². The first-order valence-electron chi connectivity index (χ1n) is 5.48. The first kappa shape index (κ1) is 10.3. The van der Waals surface area contributed by atoms with Crippen molar-refractivity contribution in [2.45, 2.75) is 31.6 Å². The second-order valence-corrected chi connectivity index (χ2v) is 4.31. The summed E-state index contributed by atoms with van der Waals surface area (Å²) in [6, 6.07) is 6.08. The fourth-order valence-corrected chi connectivity index (χ4v) is 2.06. The Morgan fingerprint density at radius 3 is 2.80 bits per heavy atom. The van der Waals surface area contributed by atoms with Gasteiger partial charge in [-0.25, -0.2) is 0 Å². The van der Waals surface area contributed by atoms with Crippen molar-refractivity contribution >= 4 is 0 Å². The summed E-state index contributed by atoms with van der Waals surface area (Å²) in [5, 5.41) is 9.23. The van der Waals surface area contributed by atoms with Crippen LogP contribution in [-0.2, 0) is 0 Å². The van der Waals surface area contributed by atoms with Crippen molar-refractivity contribution in [2.24, 2.45) is 0 Å². The van der Waals surface area contributed by atoms with Gasteiger partial charge in [-0.15, -0.1) is 6.42 Å². The number of rotatable bonds is 3. The Bertz CT molecular complexity index is 396. The number of hydrogen-bond donors (Lipinski definition) is 1. The summed E-state index contributed by atoms with van der Waals surface area (Å²) in [6.45, 7) is 2.23. The van der Waals surface area contributed by atoms with E-state index < -0.39 is 0 Å². The van der Waals surface area contributed by atoms with E-state index >= 15 is 0 Å². The molecule has 0 spiro atoms. The highest BCUT2D eigenvalue weighted by atomic mass is 16.3. The second kappa shape index (κ2) is 4.08. The van der Waals surface area contributed by atoms with E-state index in [4.69, 9.17) is 6.42 Å². The zero-order chi connectivity index (χ0) is 10.8. The topological polar surface area (TPSA) is 20.2 Å². The molecule has 1 atom stereocenters. The van der Waals surface area contributed by atoms with Gasteiger partial charge < -0.3 is 5.11 Å². The lowest BCUT2D eigenvalue weighted by molar-refractivity contribution is 0.272. The molecule has 2 rings (SSSR count). The summed E-state index contributed by atoms with van der Waals surface area (Å²) >= 11 is 0. The summed E-state index contributed by atoms with van der Waals surface area (Å²) in [4.78, 5) is 0. The molecule has 1 aromatic carbocycles. The predicted molar refractivity (Wildman–Crippen MR) is 61.9 cm³/mol. The molecule has 0 radical (unpaired) electrons. The molecule has 0 heterocycles. The monoisotopic (exact) mass is 200 g/mol. The highest BCUT2D eigenvalue weighted by Crippen LogP contribution is 2.44. The van der Waals surface area contributed by atoms with Crippen LogP contribution >= 0.6 is 0 Å². The largest absolute Gasteiger partial charge is 0.396 e. The van der Waals surface area contributed by atoms with Crippen LogP contribution in [-0.4, -0.2) is 11.7 Å². The van der Waals surface area contributed by atoms with Gasteiger partial charge in [0.15, 0.2) is 0 Å². The number of aliphatic hydroxyl groups excluding tert-OH is 1. The normalized spacial score (nSPS) is 17.1. The Kier molecular flexibility index (Phi) is 2.79. The molecule has 1 N–H and O–H groups in total. The highest BCUT2D eigenvalue weighted by Gasteiger charge is 2.29. The smallest absolute Gasteiger partial charge is 0.0497 e. The van der Waals surface area contributed by atoms with Gasteiger partial charge in [0.25, 0.3) is 0 Å². The lowest BCUT2D eigenvalue weighted by atomic mass is 9.90. The van der Waals surface area contributed by atoms with E-state index in [1.54, 1.807) is 0 Å². The molecule has 1 unspecified atom stereocenters. The Morgan fingerprint density at radius 2 is 2.27 bits per heavy atom. The predicted octanol–water partition coefficient (Wildman–Crippen LogP) is 2.64. The Hall–Kier alpha value is -1.26. The second-order valence-electron chi connectivity index (χ2n) is 4.31. The van der Waals surface area contributed by atoms with Gasteiger partial charge in [-0.2, -0.15) is 0 Å². The van der Waals surface area contributed by atoms with Crippen LogP contribution in [0.2, 0.25) is 0 Å². The van der Waals surface area contributed by atoms with E-state index in [9.17, 15) is 5.11 Å². The number of aliphatic hydroxyl groups is 1. The van der Waals surface area contributed by atoms with Crippen molar-refractivity contribution in [2.75, 3.05) is 6.61 Å². The molecule has 1 saturated carbocycles. The summed E-state index contributed by atoms with van der Waals surface area (Å²) in [5.74, 6) is 3.58. The van der Waals surface area contributed by atoms with Gasteiger partial charge in [0.05, 0.1) is 0 Å². The van der Waals surface area contributed by atoms with Crippen LogP contribution in [0.4, 0.5) is 0 Å².